The summed E-state index contributed by atoms with van der Waals surface area (Å²) >= 11 is 0. The lowest BCUT2D eigenvalue weighted by Gasteiger charge is -2.25. The van der Waals surface area contributed by atoms with Crippen molar-refractivity contribution in [2.75, 3.05) is 0 Å². The second kappa shape index (κ2) is 4.42. The second-order valence-corrected chi connectivity index (χ2v) is 3.83. The molecule has 0 unspecified atom stereocenters. The van der Waals surface area contributed by atoms with Crippen molar-refractivity contribution < 1.29 is 9.90 Å². The topological polar surface area (TPSA) is 68.0 Å². The Hall–Kier alpha value is -1.39. The van der Waals surface area contributed by atoms with Gasteiger partial charge in [0.15, 0.2) is 0 Å². The number of carboxylic acids is 1. The Morgan fingerprint density at radius 3 is 2.47 bits per heavy atom. The molecule has 0 bridgehead atoms. The van der Waals surface area contributed by atoms with E-state index in [4.69, 9.17) is 0 Å². The first-order valence-corrected chi connectivity index (χ1v) is 5.12. The number of carbonyl (C=O) groups is 1. The van der Waals surface area contributed by atoms with Gasteiger partial charge in [-0.05, 0) is 12.8 Å². The summed E-state index contributed by atoms with van der Waals surface area (Å²) in [6.45, 7) is 3.79. The van der Waals surface area contributed by atoms with Crippen LogP contribution in [0.2, 0.25) is 0 Å². The van der Waals surface area contributed by atoms with Crippen LogP contribution < -0.4 is 0 Å². The molecule has 1 N–H and O–H groups in total. The Morgan fingerprint density at radius 2 is 2.13 bits per heavy atom. The molecule has 0 saturated heterocycles. The largest absolute Gasteiger partial charge is 0.481 e. The number of rotatable bonds is 5. The first-order chi connectivity index (χ1) is 7.05. The number of aromatic nitrogens is 3. The fourth-order valence-electron chi connectivity index (χ4n) is 1.65. The zero-order valence-corrected chi connectivity index (χ0v) is 9.40. The number of hydrogen-bond donors (Lipinski definition) is 1. The van der Waals surface area contributed by atoms with Gasteiger partial charge in [0.2, 0.25) is 0 Å². The molecule has 0 fully saturated rings. The summed E-state index contributed by atoms with van der Waals surface area (Å²) in [5.74, 6) is -0.0309. The van der Waals surface area contributed by atoms with E-state index in [1.807, 2.05) is 20.9 Å². The van der Waals surface area contributed by atoms with Gasteiger partial charge in [0.05, 0.1) is 5.41 Å². The van der Waals surface area contributed by atoms with Gasteiger partial charge in [0.25, 0.3) is 0 Å². The molecular formula is C10H17N3O2. The quantitative estimate of drug-likeness (QED) is 0.795. The van der Waals surface area contributed by atoms with E-state index in [-0.39, 0.29) is 0 Å². The Morgan fingerprint density at radius 1 is 1.53 bits per heavy atom. The molecule has 0 spiro atoms. The Kier molecular flexibility index (Phi) is 3.44. The highest BCUT2D eigenvalue weighted by Gasteiger charge is 2.36. The maximum Gasteiger partial charge on any atom is 0.310 e. The molecule has 15 heavy (non-hydrogen) atoms. The van der Waals surface area contributed by atoms with Crippen LogP contribution in [0.3, 0.4) is 0 Å². The zero-order valence-electron chi connectivity index (χ0n) is 9.40. The first kappa shape index (κ1) is 11.7. The molecule has 0 saturated carbocycles. The minimum Gasteiger partial charge on any atom is -0.481 e. The SMILES string of the molecule is CCC(CC)(Cc1nncn1C)C(=O)O. The molecule has 84 valence electrons. The molecule has 1 aromatic heterocycles. The van der Waals surface area contributed by atoms with E-state index in [0.717, 1.165) is 5.82 Å². The average Bonchev–Trinajstić information content (AvgIpc) is 2.60. The maximum atomic E-state index is 11.3. The highest BCUT2D eigenvalue weighted by Crippen LogP contribution is 2.30. The van der Waals surface area contributed by atoms with E-state index < -0.39 is 11.4 Å². The van der Waals surface area contributed by atoms with Gasteiger partial charge in [-0.1, -0.05) is 13.8 Å². The van der Waals surface area contributed by atoms with Crippen LogP contribution in [0.4, 0.5) is 0 Å². The van der Waals surface area contributed by atoms with Crippen molar-refractivity contribution in [1.29, 1.82) is 0 Å². The van der Waals surface area contributed by atoms with Gasteiger partial charge in [-0.15, -0.1) is 10.2 Å². The Labute approximate surface area is 89.1 Å². The number of aryl methyl sites for hydroxylation is 1. The molecule has 0 amide bonds. The van der Waals surface area contributed by atoms with Crippen molar-refractivity contribution in [3.63, 3.8) is 0 Å². The van der Waals surface area contributed by atoms with Crippen molar-refractivity contribution >= 4 is 5.97 Å². The van der Waals surface area contributed by atoms with Gasteiger partial charge in [-0.3, -0.25) is 4.79 Å². The van der Waals surface area contributed by atoms with E-state index in [9.17, 15) is 9.90 Å². The molecule has 5 nitrogen and oxygen atoms in total. The van der Waals surface area contributed by atoms with Gasteiger partial charge >= 0.3 is 5.97 Å². The van der Waals surface area contributed by atoms with Crippen LogP contribution in [-0.2, 0) is 18.3 Å². The summed E-state index contributed by atoms with van der Waals surface area (Å²) in [6.07, 6.45) is 3.23. The Balaban J connectivity index is 2.93. The van der Waals surface area contributed by atoms with Crippen LogP contribution in [0.1, 0.15) is 32.5 Å². The van der Waals surface area contributed by atoms with E-state index in [2.05, 4.69) is 10.2 Å². The number of aliphatic carboxylic acids is 1. The standard InChI is InChI=1S/C10H17N3O2/c1-4-10(5-2,9(14)15)6-8-12-11-7-13(8)3/h7H,4-6H2,1-3H3,(H,14,15). The van der Waals surface area contributed by atoms with Gasteiger partial charge in [0.1, 0.15) is 12.2 Å². The van der Waals surface area contributed by atoms with E-state index >= 15 is 0 Å². The summed E-state index contributed by atoms with van der Waals surface area (Å²) in [4.78, 5) is 11.3. The minimum absolute atomic E-state index is 0.436. The lowest BCUT2D eigenvalue weighted by molar-refractivity contribution is -0.149. The smallest absolute Gasteiger partial charge is 0.310 e. The first-order valence-electron chi connectivity index (χ1n) is 5.12. The minimum atomic E-state index is -0.754. The molecule has 0 aliphatic heterocycles. The number of hydrogen-bond acceptors (Lipinski definition) is 3. The molecule has 5 heteroatoms. The lowest BCUT2D eigenvalue weighted by Crippen LogP contribution is -2.33. The van der Waals surface area contributed by atoms with E-state index in [1.165, 1.54) is 0 Å². The van der Waals surface area contributed by atoms with Gasteiger partial charge < -0.3 is 9.67 Å². The summed E-state index contributed by atoms with van der Waals surface area (Å²) < 4.78 is 1.77. The van der Waals surface area contributed by atoms with Crippen molar-refractivity contribution in [1.82, 2.24) is 14.8 Å². The molecule has 1 heterocycles. The fraction of sp³-hybridized carbons (Fsp3) is 0.700. The summed E-state index contributed by atoms with van der Waals surface area (Å²) in [7, 11) is 1.83. The third-order valence-electron chi connectivity index (χ3n) is 3.11. The van der Waals surface area contributed by atoms with Crippen LogP contribution in [0.15, 0.2) is 6.33 Å². The normalized spacial score (nSPS) is 11.7. The van der Waals surface area contributed by atoms with Gasteiger partial charge in [0, 0.05) is 13.5 Å². The molecule has 0 aliphatic carbocycles. The molecule has 0 aliphatic rings. The molecule has 0 atom stereocenters. The fourth-order valence-corrected chi connectivity index (χ4v) is 1.65. The van der Waals surface area contributed by atoms with Gasteiger partial charge in [-0.2, -0.15) is 0 Å². The average molecular weight is 211 g/mol. The molecule has 0 radical (unpaired) electrons. The molecule has 1 aromatic rings. The van der Waals surface area contributed by atoms with Crippen molar-refractivity contribution in [3.8, 4) is 0 Å². The van der Waals surface area contributed by atoms with Crippen molar-refractivity contribution in [2.45, 2.75) is 33.1 Å². The Bertz CT molecular complexity index is 342. The lowest BCUT2D eigenvalue weighted by atomic mass is 9.79. The number of carboxylic acid groups (broad SMARTS) is 1. The van der Waals surface area contributed by atoms with Crippen LogP contribution in [-0.4, -0.2) is 25.8 Å². The predicted octanol–water partition coefficient (Wildman–Crippen LogP) is 1.25. The molecule has 0 aromatic carbocycles. The van der Waals surface area contributed by atoms with Crippen LogP contribution in [0, 0.1) is 5.41 Å². The van der Waals surface area contributed by atoms with Gasteiger partial charge in [-0.25, -0.2) is 0 Å². The zero-order chi connectivity index (χ0) is 11.5. The van der Waals surface area contributed by atoms with Crippen LogP contribution in [0.5, 0.6) is 0 Å². The molecule has 1 rings (SSSR count). The van der Waals surface area contributed by atoms with Crippen molar-refractivity contribution in [3.05, 3.63) is 12.2 Å². The van der Waals surface area contributed by atoms with E-state index in [1.54, 1.807) is 10.9 Å². The third kappa shape index (κ3) is 2.16. The summed E-state index contributed by atoms with van der Waals surface area (Å²) in [5, 5.41) is 16.9. The summed E-state index contributed by atoms with van der Waals surface area (Å²) in [6, 6.07) is 0. The second-order valence-electron chi connectivity index (χ2n) is 3.83. The highest BCUT2D eigenvalue weighted by atomic mass is 16.4. The van der Waals surface area contributed by atoms with Crippen LogP contribution in [0.25, 0.3) is 0 Å². The third-order valence-corrected chi connectivity index (χ3v) is 3.11. The highest BCUT2D eigenvalue weighted by molar-refractivity contribution is 5.74. The monoisotopic (exact) mass is 211 g/mol. The number of nitrogens with zero attached hydrogens (tertiary/aromatic N) is 3. The summed E-state index contributed by atoms with van der Waals surface area (Å²) in [5.41, 5.74) is -0.708. The predicted molar refractivity (Wildman–Crippen MR) is 55.4 cm³/mol. The maximum absolute atomic E-state index is 11.3. The van der Waals surface area contributed by atoms with Crippen LogP contribution >= 0.6 is 0 Å². The molecular weight excluding hydrogens is 194 g/mol. The van der Waals surface area contributed by atoms with Crippen molar-refractivity contribution in [2.24, 2.45) is 12.5 Å². The van der Waals surface area contributed by atoms with E-state index in [0.29, 0.717) is 19.3 Å².